The summed E-state index contributed by atoms with van der Waals surface area (Å²) < 4.78 is 13.0. The number of halogens is 2. The maximum absolute atomic E-state index is 13.0. The first-order valence-electron chi connectivity index (χ1n) is 6.19. The van der Waals surface area contributed by atoms with Gasteiger partial charge in [-0.1, -0.05) is 17.7 Å². The van der Waals surface area contributed by atoms with Crippen molar-refractivity contribution in [2.75, 3.05) is 26.7 Å². The first-order chi connectivity index (χ1) is 9.51. The van der Waals surface area contributed by atoms with E-state index in [1.807, 2.05) is 0 Å². The number of carbonyl (C=O) groups is 2. The van der Waals surface area contributed by atoms with E-state index >= 15 is 0 Å². The van der Waals surface area contributed by atoms with E-state index in [9.17, 15) is 14.0 Å². The van der Waals surface area contributed by atoms with Crippen molar-refractivity contribution < 1.29 is 14.0 Å². The number of nitrogens with one attached hydrogen (secondary N) is 1. The molecule has 20 heavy (non-hydrogen) atoms. The fraction of sp³-hybridized carbons (Fsp3) is 0.385. The minimum absolute atomic E-state index is 0.0446. The minimum atomic E-state index is -0.409. The van der Waals surface area contributed by atoms with Crippen molar-refractivity contribution >= 4 is 23.5 Å². The molecule has 1 aromatic rings. The number of carbonyl (C=O) groups excluding carboxylic acids is 2. The molecule has 0 radical (unpaired) electrons. The van der Waals surface area contributed by atoms with Gasteiger partial charge in [-0.15, -0.1) is 0 Å². The Morgan fingerprint density at radius 2 is 2.10 bits per heavy atom. The normalized spacial score (nSPS) is 14.8. The summed E-state index contributed by atoms with van der Waals surface area (Å²) in [5, 5.41) is 2.77. The maximum atomic E-state index is 13.0. The van der Waals surface area contributed by atoms with Gasteiger partial charge in [0, 0.05) is 31.7 Å². The van der Waals surface area contributed by atoms with Gasteiger partial charge in [0.15, 0.2) is 0 Å². The van der Waals surface area contributed by atoms with Crippen molar-refractivity contribution in [1.82, 2.24) is 15.1 Å². The Hall–Kier alpha value is -1.82. The Morgan fingerprint density at radius 1 is 1.40 bits per heavy atom. The predicted octanol–water partition coefficient (Wildman–Crippen LogP) is 1.46. The Morgan fingerprint density at radius 3 is 2.75 bits per heavy atom. The van der Waals surface area contributed by atoms with Gasteiger partial charge in [0.05, 0.1) is 0 Å². The van der Waals surface area contributed by atoms with Gasteiger partial charge in [-0.25, -0.2) is 9.18 Å². The van der Waals surface area contributed by atoms with E-state index in [-0.39, 0.29) is 18.5 Å². The van der Waals surface area contributed by atoms with E-state index in [1.54, 1.807) is 11.0 Å². The zero-order valence-electron chi connectivity index (χ0n) is 11.0. The van der Waals surface area contributed by atoms with Crippen LogP contribution in [0.5, 0.6) is 0 Å². The van der Waals surface area contributed by atoms with Crippen LogP contribution in [-0.4, -0.2) is 48.4 Å². The molecule has 1 aliphatic rings. The summed E-state index contributed by atoms with van der Waals surface area (Å²) in [7, 11) is 1.53. The minimum Gasteiger partial charge on any atom is -0.358 e. The van der Waals surface area contributed by atoms with Crippen LogP contribution >= 0.6 is 11.6 Å². The monoisotopic (exact) mass is 299 g/mol. The molecule has 1 aromatic carbocycles. The number of amides is 3. The Balaban J connectivity index is 2.01. The molecule has 0 saturated carbocycles. The third-order valence-electron chi connectivity index (χ3n) is 3.17. The van der Waals surface area contributed by atoms with E-state index in [1.165, 1.54) is 24.1 Å². The fourth-order valence-corrected chi connectivity index (χ4v) is 2.26. The van der Waals surface area contributed by atoms with Crippen LogP contribution in [0.1, 0.15) is 5.56 Å². The SMILES string of the molecule is CNC(=O)CN1CCN(Cc2ccc(F)cc2Cl)C1=O. The van der Waals surface area contributed by atoms with Crippen LogP contribution in [-0.2, 0) is 11.3 Å². The van der Waals surface area contributed by atoms with Crippen molar-refractivity contribution in [3.63, 3.8) is 0 Å². The van der Waals surface area contributed by atoms with E-state index in [0.717, 1.165) is 0 Å². The Labute approximate surface area is 121 Å². The molecule has 0 aliphatic carbocycles. The summed E-state index contributed by atoms with van der Waals surface area (Å²) in [4.78, 5) is 26.4. The summed E-state index contributed by atoms with van der Waals surface area (Å²) >= 11 is 5.94. The number of nitrogens with zero attached hydrogens (tertiary/aromatic N) is 2. The highest BCUT2D eigenvalue weighted by atomic mass is 35.5. The largest absolute Gasteiger partial charge is 0.358 e. The van der Waals surface area contributed by atoms with Gasteiger partial charge in [-0.2, -0.15) is 0 Å². The molecular weight excluding hydrogens is 285 g/mol. The number of rotatable bonds is 4. The molecule has 5 nitrogen and oxygen atoms in total. The van der Waals surface area contributed by atoms with Crippen molar-refractivity contribution in [3.05, 3.63) is 34.6 Å². The lowest BCUT2D eigenvalue weighted by molar-refractivity contribution is -0.121. The lowest BCUT2D eigenvalue weighted by Crippen LogP contribution is -2.38. The molecule has 2 rings (SSSR count). The molecule has 1 N–H and O–H groups in total. The predicted molar refractivity (Wildman–Crippen MR) is 72.9 cm³/mol. The smallest absolute Gasteiger partial charge is 0.320 e. The van der Waals surface area contributed by atoms with Crippen molar-refractivity contribution in [3.8, 4) is 0 Å². The zero-order chi connectivity index (χ0) is 14.7. The van der Waals surface area contributed by atoms with Crippen LogP contribution < -0.4 is 5.32 Å². The number of likely N-dealkylation sites (N-methyl/N-ethyl adjacent to an activating group) is 1. The van der Waals surface area contributed by atoms with E-state index < -0.39 is 5.82 Å². The number of benzene rings is 1. The molecule has 1 fully saturated rings. The number of hydrogen-bond donors (Lipinski definition) is 1. The molecule has 1 saturated heterocycles. The molecular formula is C13H15ClFN3O2. The summed E-state index contributed by atoms with van der Waals surface area (Å²) in [5.74, 6) is -0.618. The quantitative estimate of drug-likeness (QED) is 0.915. The third-order valence-corrected chi connectivity index (χ3v) is 3.52. The highest BCUT2D eigenvalue weighted by Gasteiger charge is 2.29. The molecule has 0 spiro atoms. The van der Waals surface area contributed by atoms with E-state index in [0.29, 0.717) is 30.2 Å². The average Bonchev–Trinajstić information content (AvgIpc) is 2.74. The lowest BCUT2D eigenvalue weighted by Gasteiger charge is -2.18. The second-order valence-corrected chi connectivity index (χ2v) is 4.94. The van der Waals surface area contributed by atoms with Gasteiger partial charge in [-0.05, 0) is 17.7 Å². The standard InChI is InChI=1S/C13H15ClFN3O2/c1-16-12(19)8-18-5-4-17(13(18)20)7-9-2-3-10(15)6-11(9)14/h2-3,6H,4-5,7-8H2,1H3,(H,16,19). The number of hydrogen-bond acceptors (Lipinski definition) is 2. The Bertz CT molecular complexity index is 538. The maximum Gasteiger partial charge on any atom is 0.320 e. The summed E-state index contributed by atoms with van der Waals surface area (Å²) in [5.41, 5.74) is 0.684. The highest BCUT2D eigenvalue weighted by molar-refractivity contribution is 6.31. The van der Waals surface area contributed by atoms with Crippen LogP contribution in [0.2, 0.25) is 5.02 Å². The van der Waals surface area contributed by atoms with Gasteiger partial charge < -0.3 is 15.1 Å². The molecule has 0 atom stereocenters. The van der Waals surface area contributed by atoms with E-state index in [2.05, 4.69) is 5.32 Å². The fourth-order valence-electron chi connectivity index (χ4n) is 2.03. The van der Waals surface area contributed by atoms with Gasteiger partial charge >= 0.3 is 6.03 Å². The molecule has 108 valence electrons. The number of urea groups is 1. The zero-order valence-corrected chi connectivity index (χ0v) is 11.8. The van der Waals surface area contributed by atoms with Gasteiger partial charge in [0.25, 0.3) is 0 Å². The summed E-state index contributed by atoms with van der Waals surface area (Å²) in [6.07, 6.45) is 0. The van der Waals surface area contributed by atoms with Gasteiger partial charge in [0.1, 0.15) is 12.4 Å². The van der Waals surface area contributed by atoms with Gasteiger partial charge in [-0.3, -0.25) is 4.79 Å². The van der Waals surface area contributed by atoms with Crippen molar-refractivity contribution in [2.45, 2.75) is 6.54 Å². The first-order valence-corrected chi connectivity index (χ1v) is 6.57. The van der Waals surface area contributed by atoms with Crippen LogP contribution in [0.25, 0.3) is 0 Å². The second-order valence-electron chi connectivity index (χ2n) is 4.53. The van der Waals surface area contributed by atoms with Crippen LogP contribution in [0, 0.1) is 5.82 Å². The van der Waals surface area contributed by atoms with Crippen molar-refractivity contribution in [2.24, 2.45) is 0 Å². The second kappa shape index (κ2) is 6.09. The van der Waals surface area contributed by atoms with Crippen LogP contribution in [0.4, 0.5) is 9.18 Å². The molecule has 0 aromatic heterocycles. The highest BCUT2D eigenvalue weighted by Crippen LogP contribution is 2.21. The van der Waals surface area contributed by atoms with Crippen LogP contribution in [0.3, 0.4) is 0 Å². The molecule has 3 amide bonds. The average molecular weight is 300 g/mol. The van der Waals surface area contributed by atoms with Crippen LogP contribution in [0.15, 0.2) is 18.2 Å². The molecule has 1 aliphatic heterocycles. The Kier molecular flexibility index (Phi) is 4.44. The topological polar surface area (TPSA) is 52.7 Å². The molecule has 0 bridgehead atoms. The molecule has 7 heteroatoms. The third kappa shape index (κ3) is 3.19. The summed E-state index contributed by atoms with van der Waals surface area (Å²) in [6.45, 7) is 1.36. The molecule has 1 heterocycles. The van der Waals surface area contributed by atoms with E-state index in [4.69, 9.17) is 11.6 Å². The molecule has 0 unspecified atom stereocenters. The first kappa shape index (κ1) is 14.6. The summed E-state index contributed by atoms with van der Waals surface area (Å²) in [6, 6.07) is 3.88. The lowest BCUT2D eigenvalue weighted by atomic mass is 10.2. The van der Waals surface area contributed by atoms with Crippen molar-refractivity contribution in [1.29, 1.82) is 0 Å². The van der Waals surface area contributed by atoms with Gasteiger partial charge in [0.2, 0.25) is 5.91 Å².